The molecule has 1 N–H and O–H groups in total. The monoisotopic (exact) mass is 461 g/mol. The van der Waals surface area contributed by atoms with Crippen molar-refractivity contribution in [3.05, 3.63) is 48.6 Å². The molecule has 0 radical (unpaired) electrons. The summed E-state index contributed by atoms with van der Waals surface area (Å²) in [5.74, 6) is -1.93. The fraction of sp³-hybridized carbons (Fsp3) is 0.389. The molecule has 9 nitrogen and oxygen atoms in total. The first-order valence-corrected chi connectivity index (χ1v) is 10.4. The number of carbonyl (C=O) groups is 1. The molecule has 13 heteroatoms. The molecule has 0 aliphatic carbocycles. The molecule has 0 atom stereocenters. The lowest BCUT2D eigenvalue weighted by Gasteiger charge is -2.22. The predicted octanol–water partition coefficient (Wildman–Crippen LogP) is 1.95. The maximum atomic E-state index is 12.9. The first-order chi connectivity index (χ1) is 14.4. The Morgan fingerprint density at radius 2 is 1.97 bits per heavy atom. The zero-order valence-electron chi connectivity index (χ0n) is 16.9. The van der Waals surface area contributed by atoms with Crippen molar-refractivity contribution in [1.29, 1.82) is 0 Å². The number of carboxylic acids is 1. The van der Waals surface area contributed by atoms with Gasteiger partial charge in [0.2, 0.25) is 0 Å². The molecule has 0 aromatic carbocycles. The van der Waals surface area contributed by atoms with Crippen LogP contribution in [0.1, 0.15) is 11.3 Å². The molecule has 0 saturated carbocycles. The van der Waals surface area contributed by atoms with Crippen molar-refractivity contribution in [2.45, 2.75) is 24.7 Å². The van der Waals surface area contributed by atoms with E-state index in [1.165, 1.54) is 16.8 Å². The molecule has 2 aromatic heterocycles. The molecule has 2 aromatic rings. The number of aliphatic carboxylic acids is 1. The second-order valence-electron chi connectivity index (χ2n) is 6.69. The van der Waals surface area contributed by atoms with Gasteiger partial charge in [-0.1, -0.05) is 12.1 Å². The van der Waals surface area contributed by atoms with Gasteiger partial charge in [-0.25, -0.2) is 23.2 Å². The number of hydrogen-bond acceptors (Lipinski definition) is 6. The van der Waals surface area contributed by atoms with E-state index in [1.807, 2.05) is 19.1 Å². The van der Waals surface area contributed by atoms with Gasteiger partial charge in [0.05, 0.1) is 6.33 Å². The maximum absolute atomic E-state index is 12.9. The van der Waals surface area contributed by atoms with Crippen LogP contribution in [0.5, 0.6) is 0 Å². The van der Waals surface area contributed by atoms with Crippen LogP contribution in [0.2, 0.25) is 0 Å². The number of halogens is 3. The van der Waals surface area contributed by atoms with E-state index in [1.54, 1.807) is 17.7 Å². The number of aryl methyl sites for hydroxylation is 2. The molecule has 1 aliphatic rings. The third-order valence-corrected chi connectivity index (χ3v) is 5.97. The molecule has 3 heterocycles. The summed E-state index contributed by atoms with van der Waals surface area (Å²) in [6.07, 6.45) is -0.264. The Morgan fingerprint density at radius 3 is 2.48 bits per heavy atom. The summed E-state index contributed by atoms with van der Waals surface area (Å²) in [5, 5.41) is 7.20. The van der Waals surface area contributed by atoms with Crippen LogP contribution in [0, 0.1) is 6.92 Å². The maximum Gasteiger partial charge on any atom is 0.490 e. The molecule has 0 spiro atoms. The van der Waals surface area contributed by atoms with Gasteiger partial charge >= 0.3 is 12.1 Å². The number of hydrogen-bond donors (Lipinski definition) is 1. The fourth-order valence-corrected chi connectivity index (χ4v) is 4.14. The van der Waals surface area contributed by atoms with Gasteiger partial charge in [-0.3, -0.25) is 0 Å². The van der Waals surface area contributed by atoms with Gasteiger partial charge in [0.1, 0.15) is 5.82 Å². The lowest BCUT2D eigenvalue weighted by Crippen LogP contribution is -2.35. The van der Waals surface area contributed by atoms with Crippen LogP contribution in [0.3, 0.4) is 0 Å². The Labute approximate surface area is 177 Å². The number of imidazole rings is 1. The lowest BCUT2D eigenvalue weighted by molar-refractivity contribution is -0.192. The van der Waals surface area contributed by atoms with Gasteiger partial charge in [0, 0.05) is 50.7 Å². The summed E-state index contributed by atoms with van der Waals surface area (Å²) in [7, 11) is -1.88. The van der Waals surface area contributed by atoms with Gasteiger partial charge in [-0.05, 0) is 13.0 Å². The van der Waals surface area contributed by atoms with E-state index in [0.29, 0.717) is 19.6 Å². The third-order valence-electron chi connectivity index (χ3n) is 4.24. The topological polar surface area (TPSA) is 109 Å². The number of alkyl halides is 3. The molecule has 0 saturated heterocycles. The number of nitrogens with zero attached hydrogens (tertiary/aromatic N) is 5. The smallest absolute Gasteiger partial charge is 0.475 e. The van der Waals surface area contributed by atoms with Crippen LogP contribution < -0.4 is 4.90 Å². The van der Waals surface area contributed by atoms with Crippen molar-refractivity contribution in [3.8, 4) is 0 Å². The molecule has 0 bridgehead atoms. The van der Waals surface area contributed by atoms with E-state index >= 15 is 0 Å². The highest BCUT2D eigenvalue weighted by Gasteiger charge is 2.38. The minimum atomic E-state index is -5.08. The third kappa shape index (κ3) is 6.04. The van der Waals surface area contributed by atoms with Crippen molar-refractivity contribution >= 4 is 21.8 Å². The highest BCUT2D eigenvalue weighted by atomic mass is 32.2. The summed E-state index contributed by atoms with van der Waals surface area (Å²) >= 11 is 0. The highest BCUT2D eigenvalue weighted by Crippen LogP contribution is 2.26. The van der Waals surface area contributed by atoms with Crippen LogP contribution in [-0.2, 0) is 28.4 Å². The molecule has 31 heavy (non-hydrogen) atoms. The summed E-state index contributed by atoms with van der Waals surface area (Å²) in [4.78, 5) is 19.6. The lowest BCUT2D eigenvalue weighted by atomic mass is 10.2. The van der Waals surface area contributed by atoms with Crippen molar-refractivity contribution in [2.24, 2.45) is 7.05 Å². The summed E-state index contributed by atoms with van der Waals surface area (Å²) in [6, 6.07) is 3.85. The Morgan fingerprint density at radius 1 is 1.32 bits per heavy atom. The number of sulfonamides is 1. The largest absolute Gasteiger partial charge is 0.490 e. The number of anilines is 1. The molecular weight excluding hydrogens is 439 g/mol. The SMILES string of the molecule is C=CCN1CCN(S(=O)(=O)c2cn(C)cn2)Cc2ccc(C)nc21.O=C(O)C(F)(F)F. The Bertz CT molecular complexity index is 1050. The minimum absolute atomic E-state index is 0.0730. The first kappa shape index (κ1) is 24.3. The Balaban J connectivity index is 0.000000423. The molecule has 3 rings (SSSR count). The Hall–Kier alpha value is -2.93. The quantitative estimate of drug-likeness (QED) is 0.694. The number of carboxylic acid groups (broad SMARTS) is 1. The van der Waals surface area contributed by atoms with Crippen LogP contribution in [0.15, 0.2) is 42.3 Å². The second-order valence-corrected chi connectivity index (χ2v) is 8.57. The van der Waals surface area contributed by atoms with E-state index in [-0.39, 0.29) is 11.6 Å². The average molecular weight is 461 g/mol. The fourth-order valence-electron chi connectivity index (χ4n) is 2.77. The average Bonchev–Trinajstić information content (AvgIpc) is 3.03. The highest BCUT2D eigenvalue weighted by molar-refractivity contribution is 7.89. The molecule has 0 unspecified atom stereocenters. The van der Waals surface area contributed by atoms with Crippen LogP contribution in [-0.4, -0.2) is 64.1 Å². The van der Waals surface area contributed by atoms with Gasteiger partial charge in [0.25, 0.3) is 10.0 Å². The Kier molecular flexibility index (Phi) is 7.44. The molecular formula is C18H22F3N5O4S. The van der Waals surface area contributed by atoms with E-state index in [4.69, 9.17) is 9.90 Å². The zero-order chi connectivity index (χ0) is 23.4. The van der Waals surface area contributed by atoms with Crippen molar-refractivity contribution in [3.63, 3.8) is 0 Å². The molecule has 0 fully saturated rings. The number of rotatable bonds is 4. The second kappa shape index (κ2) is 9.47. The van der Waals surface area contributed by atoms with Crippen LogP contribution in [0.4, 0.5) is 19.0 Å². The number of aromatic nitrogens is 3. The van der Waals surface area contributed by atoms with Crippen molar-refractivity contribution < 1.29 is 31.5 Å². The van der Waals surface area contributed by atoms with Gasteiger partial charge in [-0.2, -0.15) is 17.5 Å². The van der Waals surface area contributed by atoms with E-state index in [9.17, 15) is 21.6 Å². The van der Waals surface area contributed by atoms with Crippen molar-refractivity contribution in [2.75, 3.05) is 24.5 Å². The predicted molar refractivity (Wildman–Crippen MR) is 106 cm³/mol. The van der Waals surface area contributed by atoms with Crippen molar-refractivity contribution in [1.82, 2.24) is 18.8 Å². The van der Waals surface area contributed by atoms with Gasteiger partial charge in [0.15, 0.2) is 5.03 Å². The van der Waals surface area contributed by atoms with E-state index in [2.05, 4.69) is 21.4 Å². The van der Waals surface area contributed by atoms with Crippen LogP contribution in [0.25, 0.3) is 0 Å². The summed E-state index contributed by atoms with van der Waals surface area (Å²) in [5.41, 5.74) is 1.79. The van der Waals surface area contributed by atoms with E-state index < -0.39 is 22.2 Å². The number of fused-ring (bicyclic) bond motifs is 1. The zero-order valence-corrected chi connectivity index (χ0v) is 17.7. The van der Waals surface area contributed by atoms with Crippen LogP contribution >= 0.6 is 0 Å². The molecule has 0 amide bonds. The normalized spacial score (nSPS) is 14.8. The van der Waals surface area contributed by atoms with Gasteiger partial charge < -0.3 is 14.6 Å². The molecule has 1 aliphatic heterocycles. The standard InChI is InChI=1S/C16H21N5O2S.C2HF3O2/c1-4-7-20-8-9-21(10-14-6-5-13(2)18-16(14)20)24(22,23)15-11-19(3)12-17-15;3-2(4,5)1(6)7/h4-6,11-12H,1,7-10H2,2-3H3;(H,6,7). The summed E-state index contributed by atoms with van der Waals surface area (Å²) < 4.78 is 60.6. The van der Waals surface area contributed by atoms with Gasteiger partial charge in [-0.15, -0.1) is 6.58 Å². The summed E-state index contributed by atoms with van der Waals surface area (Å²) in [6.45, 7) is 7.56. The first-order valence-electron chi connectivity index (χ1n) is 8.97. The van der Waals surface area contributed by atoms with E-state index in [0.717, 1.165) is 17.1 Å². The molecule has 170 valence electrons. The minimum Gasteiger partial charge on any atom is -0.475 e. The number of pyridine rings is 1.